The molecule has 0 radical (unpaired) electrons. The number of ether oxygens (including phenoxy) is 1. The van der Waals surface area contributed by atoms with Crippen LogP contribution in [-0.2, 0) is 11.8 Å². The summed E-state index contributed by atoms with van der Waals surface area (Å²) in [4.78, 5) is 54.0. The number of carbonyl (C=O) groups is 2. The highest BCUT2D eigenvalue weighted by atomic mass is 16.5. The maximum atomic E-state index is 12.5. The molecule has 2 aromatic heterocycles. The van der Waals surface area contributed by atoms with Gasteiger partial charge in [0, 0.05) is 18.9 Å². The number of nitrogens with zero attached hydrogens (tertiary/aromatic N) is 2. The Morgan fingerprint density at radius 2 is 1.89 bits per heavy atom. The van der Waals surface area contributed by atoms with Crippen molar-refractivity contribution in [3.05, 3.63) is 68.5 Å². The van der Waals surface area contributed by atoms with Crippen LogP contribution in [0.5, 0.6) is 0 Å². The van der Waals surface area contributed by atoms with Gasteiger partial charge in [0.05, 0.1) is 23.1 Å². The number of pyridine rings is 1. The van der Waals surface area contributed by atoms with Crippen LogP contribution in [0.4, 0.5) is 5.69 Å². The number of benzene rings is 1. The molecule has 1 amide bonds. The Hall–Kier alpha value is -3.75. The van der Waals surface area contributed by atoms with E-state index in [4.69, 9.17) is 4.74 Å². The van der Waals surface area contributed by atoms with Crippen LogP contribution in [-0.4, -0.2) is 33.0 Å². The molecule has 28 heavy (non-hydrogen) atoms. The van der Waals surface area contributed by atoms with Crippen LogP contribution < -0.4 is 16.6 Å². The number of carbonyl (C=O) groups excluding carboxylic acids is 2. The Labute approximate surface area is 159 Å². The molecule has 2 N–H and O–H groups in total. The van der Waals surface area contributed by atoms with Crippen molar-refractivity contribution in [3.63, 3.8) is 0 Å². The van der Waals surface area contributed by atoms with E-state index < -0.39 is 23.1 Å². The van der Waals surface area contributed by atoms with Gasteiger partial charge in [0.2, 0.25) is 0 Å². The third kappa shape index (κ3) is 3.83. The maximum absolute atomic E-state index is 12.5. The number of fused-ring (bicyclic) bond motifs is 1. The molecule has 0 saturated carbocycles. The third-order valence-corrected chi connectivity index (χ3v) is 4.03. The van der Waals surface area contributed by atoms with Gasteiger partial charge in [0.25, 0.3) is 11.5 Å². The predicted octanol–water partition coefficient (Wildman–Crippen LogP) is 1.44. The average Bonchev–Trinajstić information content (AvgIpc) is 2.70. The van der Waals surface area contributed by atoms with Crippen molar-refractivity contribution in [1.29, 1.82) is 0 Å². The molecule has 3 aromatic rings. The lowest BCUT2D eigenvalue weighted by Gasteiger charge is -2.08. The molecule has 9 nitrogen and oxygen atoms in total. The first kappa shape index (κ1) is 19.0. The highest BCUT2D eigenvalue weighted by Gasteiger charge is 2.13. The highest BCUT2D eigenvalue weighted by Crippen LogP contribution is 2.13. The molecule has 0 bridgehead atoms. The van der Waals surface area contributed by atoms with E-state index in [0.717, 1.165) is 6.42 Å². The van der Waals surface area contributed by atoms with Gasteiger partial charge in [-0.15, -0.1) is 0 Å². The molecular formula is C19H18N4O5. The molecule has 0 unspecified atom stereocenters. The van der Waals surface area contributed by atoms with Gasteiger partial charge < -0.3 is 10.1 Å². The molecule has 144 valence electrons. The van der Waals surface area contributed by atoms with Gasteiger partial charge in [-0.25, -0.2) is 14.6 Å². The van der Waals surface area contributed by atoms with E-state index in [0.29, 0.717) is 17.9 Å². The van der Waals surface area contributed by atoms with Crippen molar-refractivity contribution < 1.29 is 14.3 Å². The lowest BCUT2D eigenvalue weighted by Crippen LogP contribution is -2.29. The van der Waals surface area contributed by atoms with Crippen LogP contribution >= 0.6 is 0 Å². The Kier molecular flexibility index (Phi) is 5.35. The number of H-pyrrole nitrogens is 1. The molecule has 0 fully saturated rings. The number of esters is 1. The summed E-state index contributed by atoms with van der Waals surface area (Å²) in [5.41, 5.74) is -0.0175. The second-order valence-corrected chi connectivity index (χ2v) is 6.08. The minimum absolute atomic E-state index is 0.128. The smallest absolute Gasteiger partial charge is 0.338 e. The third-order valence-electron chi connectivity index (χ3n) is 4.03. The van der Waals surface area contributed by atoms with Crippen molar-refractivity contribution in [2.24, 2.45) is 7.05 Å². The first-order valence-electron chi connectivity index (χ1n) is 8.58. The second kappa shape index (κ2) is 7.87. The van der Waals surface area contributed by atoms with E-state index in [1.807, 2.05) is 6.92 Å². The van der Waals surface area contributed by atoms with E-state index in [1.165, 1.54) is 23.9 Å². The Balaban J connectivity index is 1.80. The second-order valence-electron chi connectivity index (χ2n) is 6.08. The Morgan fingerprint density at radius 1 is 1.18 bits per heavy atom. The number of anilines is 1. The first-order chi connectivity index (χ1) is 13.4. The van der Waals surface area contributed by atoms with Crippen molar-refractivity contribution in [3.8, 4) is 0 Å². The minimum Gasteiger partial charge on any atom is -0.462 e. The van der Waals surface area contributed by atoms with Crippen LogP contribution in [0.3, 0.4) is 0 Å². The van der Waals surface area contributed by atoms with Crippen LogP contribution in [0.1, 0.15) is 34.1 Å². The SMILES string of the molecule is CCCOC(=O)c1ccc(NC(=O)c2cnc3c(c2)c(=O)[nH]c(=O)n3C)cc1. The number of hydrogen-bond donors (Lipinski definition) is 2. The average molecular weight is 382 g/mol. The molecule has 3 rings (SSSR count). The van der Waals surface area contributed by atoms with E-state index in [1.54, 1.807) is 24.3 Å². The summed E-state index contributed by atoms with van der Waals surface area (Å²) in [6.07, 6.45) is 2.02. The van der Waals surface area contributed by atoms with Gasteiger partial charge >= 0.3 is 11.7 Å². The number of hydrogen-bond acceptors (Lipinski definition) is 6. The molecule has 0 aliphatic rings. The van der Waals surface area contributed by atoms with Crippen molar-refractivity contribution in [1.82, 2.24) is 14.5 Å². The summed E-state index contributed by atoms with van der Waals surface area (Å²) in [5.74, 6) is -0.910. The quantitative estimate of drug-likeness (QED) is 0.644. The molecule has 0 atom stereocenters. The summed E-state index contributed by atoms with van der Waals surface area (Å²) in [6.45, 7) is 2.25. The summed E-state index contributed by atoms with van der Waals surface area (Å²) in [7, 11) is 1.47. The van der Waals surface area contributed by atoms with Gasteiger partial charge in [0.15, 0.2) is 0 Å². The number of amides is 1. The van der Waals surface area contributed by atoms with Gasteiger partial charge in [-0.2, -0.15) is 0 Å². The minimum atomic E-state index is -0.616. The van der Waals surface area contributed by atoms with E-state index in [9.17, 15) is 19.2 Å². The van der Waals surface area contributed by atoms with Crippen LogP contribution in [0.25, 0.3) is 11.0 Å². The van der Waals surface area contributed by atoms with Crippen molar-refractivity contribution in [2.75, 3.05) is 11.9 Å². The fourth-order valence-corrected chi connectivity index (χ4v) is 2.53. The maximum Gasteiger partial charge on any atom is 0.338 e. The van der Waals surface area contributed by atoms with Gasteiger partial charge in [-0.3, -0.25) is 19.1 Å². The van der Waals surface area contributed by atoms with Crippen molar-refractivity contribution >= 4 is 28.6 Å². The molecule has 1 aromatic carbocycles. The zero-order valence-corrected chi connectivity index (χ0v) is 15.3. The Bertz CT molecular complexity index is 1160. The lowest BCUT2D eigenvalue weighted by molar-refractivity contribution is 0.0505. The molecule has 0 aliphatic carbocycles. The summed E-state index contributed by atoms with van der Waals surface area (Å²) < 4.78 is 6.24. The van der Waals surface area contributed by atoms with Gasteiger partial charge in [-0.05, 0) is 36.8 Å². The molecule has 0 spiro atoms. The Morgan fingerprint density at radius 3 is 2.57 bits per heavy atom. The van der Waals surface area contributed by atoms with Crippen LogP contribution in [0, 0.1) is 0 Å². The summed E-state index contributed by atoms with van der Waals surface area (Å²) in [6, 6.07) is 7.61. The largest absolute Gasteiger partial charge is 0.462 e. The molecular weight excluding hydrogens is 364 g/mol. The molecule has 0 aliphatic heterocycles. The summed E-state index contributed by atoms with van der Waals surface area (Å²) >= 11 is 0. The van der Waals surface area contributed by atoms with Gasteiger partial charge in [0.1, 0.15) is 5.65 Å². The topological polar surface area (TPSA) is 123 Å². The number of rotatable bonds is 5. The zero-order valence-electron chi connectivity index (χ0n) is 15.3. The molecule has 2 heterocycles. The zero-order chi connectivity index (χ0) is 20.3. The van der Waals surface area contributed by atoms with E-state index >= 15 is 0 Å². The highest BCUT2D eigenvalue weighted by molar-refractivity contribution is 6.05. The number of aryl methyl sites for hydroxylation is 1. The first-order valence-corrected chi connectivity index (χ1v) is 8.58. The van der Waals surface area contributed by atoms with Crippen LogP contribution in [0.15, 0.2) is 46.1 Å². The number of aromatic nitrogens is 3. The standard InChI is InChI=1S/C19H18N4O5/c1-3-8-28-18(26)11-4-6-13(7-5-11)21-16(24)12-9-14-15(20-10-12)23(2)19(27)22-17(14)25/h4-7,9-10H,3,8H2,1-2H3,(H,21,24)(H,22,25,27). The normalized spacial score (nSPS) is 10.6. The van der Waals surface area contributed by atoms with E-state index in [-0.39, 0.29) is 16.6 Å². The summed E-state index contributed by atoms with van der Waals surface area (Å²) in [5, 5.41) is 2.79. The molecule has 9 heteroatoms. The van der Waals surface area contributed by atoms with Gasteiger partial charge in [-0.1, -0.05) is 6.92 Å². The number of aromatic amines is 1. The fraction of sp³-hybridized carbons (Fsp3) is 0.211. The molecule has 0 saturated heterocycles. The predicted molar refractivity (Wildman–Crippen MR) is 103 cm³/mol. The van der Waals surface area contributed by atoms with E-state index in [2.05, 4.69) is 15.3 Å². The fourth-order valence-electron chi connectivity index (χ4n) is 2.53. The lowest BCUT2D eigenvalue weighted by atomic mass is 10.2. The van der Waals surface area contributed by atoms with Crippen molar-refractivity contribution in [2.45, 2.75) is 13.3 Å². The van der Waals surface area contributed by atoms with Crippen LogP contribution in [0.2, 0.25) is 0 Å². The number of nitrogens with one attached hydrogen (secondary N) is 2. The monoisotopic (exact) mass is 382 g/mol.